The smallest absolute Gasteiger partial charge is 0.397 e. The number of nitrogens with zero attached hydrogens (tertiary/aromatic N) is 1. The Labute approximate surface area is 94.4 Å². The Bertz CT molecular complexity index is 423. The van der Waals surface area contributed by atoms with E-state index >= 15 is 0 Å². The molecule has 0 saturated heterocycles. The van der Waals surface area contributed by atoms with Gasteiger partial charge in [-0.3, -0.25) is 4.79 Å². The van der Waals surface area contributed by atoms with E-state index in [4.69, 9.17) is 9.63 Å². The number of rotatable bonds is 4. The fourth-order valence-electron chi connectivity index (χ4n) is 1.59. The molecule has 1 aromatic heterocycles. The van der Waals surface area contributed by atoms with E-state index in [9.17, 15) is 18.0 Å². The van der Waals surface area contributed by atoms with Crippen LogP contribution in [-0.4, -0.2) is 22.4 Å². The first-order valence-corrected chi connectivity index (χ1v) is 5.13. The first-order chi connectivity index (χ1) is 7.88. The Morgan fingerprint density at radius 1 is 1.59 bits per heavy atom. The highest BCUT2D eigenvalue weighted by atomic mass is 19.4. The van der Waals surface area contributed by atoms with E-state index in [0.717, 1.165) is 12.8 Å². The van der Waals surface area contributed by atoms with Crippen molar-refractivity contribution in [1.29, 1.82) is 0 Å². The van der Waals surface area contributed by atoms with Crippen LogP contribution in [0.3, 0.4) is 0 Å². The molecule has 0 amide bonds. The van der Waals surface area contributed by atoms with Crippen molar-refractivity contribution >= 4 is 5.97 Å². The minimum Gasteiger partial charge on any atom is -0.481 e. The van der Waals surface area contributed by atoms with Crippen molar-refractivity contribution in [1.82, 2.24) is 5.16 Å². The van der Waals surface area contributed by atoms with Crippen LogP contribution in [-0.2, 0) is 4.79 Å². The Morgan fingerprint density at radius 3 is 2.71 bits per heavy atom. The number of aliphatic carboxylic acids is 1. The highest BCUT2D eigenvalue weighted by Gasteiger charge is 2.44. The van der Waals surface area contributed by atoms with Crippen LogP contribution in [0.5, 0.6) is 0 Å². The van der Waals surface area contributed by atoms with Crippen LogP contribution >= 0.6 is 0 Å². The van der Waals surface area contributed by atoms with Crippen LogP contribution in [0.2, 0.25) is 0 Å². The molecule has 1 unspecified atom stereocenters. The van der Waals surface area contributed by atoms with Gasteiger partial charge in [0, 0.05) is 12.0 Å². The quantitative estimate of drug-likeness (QED) is 0.890. The van der Waals surface area contributed by atoms with Crippen molar-refractivity contribution in [3.05, 3.63) is 17.5 Å². The molecule has 1 aliphatic carbocycles. The molecule has 0 aromatic carbocycles. The first-order valence-electron chi connectivity index (χ1n) is 5.13. The van der Waals surface area contributed by atoms with E-state index in [0.29, 0.717) is 5.76 Å². The van der Waals surface area contributed by atoms with Gasteiger partial charge in [-0.15, -0.1) is 0 Å². The highest BCUT2D eigenvalue weighted by molar-refractivity contribution is 5.68. The summed E-state index contributed by atoms with van der Waals surface area (Å²) >= 11 is 0. The molecule has 1 N–H and O–H groups in total. The molecule has 7 heteroatoms. The van der Waals surface area contributed by atoms with E-state index in [1.54, 1.807) is 0 Å². The Balaban J connectivity index is 2.21. The lowest BCUT2D eigenvalue weighted by molar-refractivity contribution is -0.164. The normalized spacial score (nSPS) is 18.1. The van der Waals surface area contributed by atoms with Crippen molar-refractivity contribution in [3.63, 3.8) is 0 Å². The minimum atomic E-state index is -4.63. The predicted molar refractivity (Wildman–Crippen MR) is 49.5 cm³/mol. The Hall–Kier alpha value is -1.53. The Morgan fingerprint density at radius 2 is 2.24 bits per heavy atom. The highest BCUT2D eigenvalue weighted by Crippen LogP contribution is 2.43. The summed E-state index contributed by atoms with van der Waals surface area (Å²) in [5, 5.41) is 11.8. The van der Waals surface area contributed by atoms with Crippen molar-refractivity contribution in [3.8, 4) is 0 Å². The molecule has 1 aliphatic rings. The van der Waals surface area contributed by atoms with Crippen molar-refractivity contribution in [2.75, 3.05) is 0 Å². The maximum atomic E-state index is 12.6. The zero-order chi connectivity index (χ0) is 12.6. The second kappa shape index (κ2) is 4.05. The van der Waals surface area contributed by atoms with Gasteiger partial charge in [0.15, 0.2) is 0 Å². The number of carboxylic acid groups (broad SMARTS) is 1. The SMILES string of the molecule is O=C(O)CC(c1cc(C2CC2)on1)C(F)(F)F. The molecule has 1 atom stereocenters. The van der Waals surface area contributed by atoms with Crippen LogP contribution in [0.15, 0.2) is 10.6 Å². The number of carbonyl (C=O) groups is 1. The monoisotopic (exact) mass is 249 g/mol. The van der Waals surface area contributed by atoms with Crippen molar-refractivity contribution in [2.24, 2.45) is 0 Å². The summed E-state index contributed by atoms with van der Waals surface area (Å²) in [7, 11) is 0. The number of carboxylic acids is 1. The molecule has 1 fully saturated rings. The predicted octanol–water partition coefficient (Wildman–Crippen LogP) is 2.67. The van der Waals surface area contributed by atoms with E-state index in [1.807, 2.05) is 0 Å². The summed E-state index contributed by atoms with van der Waals surface area (Å²) in [4.78, 5) is 10.4. The molecule has 0 aliphatic heterocycles. The maximum absolute atomic E-state index is 12.6. The van der Waals surface area contributed by atoms with Crippen LogP contribution in [0.1, 0.15) is 42.6 Å². The fraction of sp³-hybridized carbons (Fsp3) is 0.600. The van der Waals surface area contributed by atoms with Gasteiger partial charge >= 0.3 is 12.1 Å². The summed E-state index contributed by atoms with van der Waals surface area (Å²) in [6, 6.07) is 1.22. The van der Waals surface area contributed by atoms with E-state index in [-0.39, 0.29) is 11.6 Å². The van der Waals surface area contributed by atoms with Gasteiger partial charge < -0.3 is 9.63 Å². The second-order valence-electron chi connectivity index (χ2n) is 4.12. The second-order valence-corrected chi connectivity index (χ2v) is 4.12. The molecule has 1 heterocycles. The molecule has 0 radical (unpaired) electrons. The fourth-order valence-corrected chi connectivity index (χ4v) is 1.59. The molecule has 2 rings (SSSR count). The Kier molecular flexibility index (Phi) is 2.84. The molecule has 17 heavy (non-hydrogen) atoms. The van der Waals surface area contributed by atoms with E-state index < -0.39 is 24.5 Å². The average Bonchev–Trinajstić information content (AvgIpc) is 2.92. The number of aromatic nitrogens is 1. The molecule has 1 saturated carbocycles. The first kappa shape index (κ1) is 11.9. The van der Waals surface area contributed by atoms with Gasteiger partial charge in [-0.05, 0) is 12.8 Å². The van der Waals surface area contributed by atoms with Crippen LogP contribution in [0, 0.1) is 0 Å². The number of hydrogen-bond donors (Lipinski definition) is 1. The topological polar surface area (TPSA) is 63.3 Å². The zero-order valence-electron chi connectivity index (χ0n) is 8.70. The van der Waals surface area contributed by atoms with Gasteiger partial charge in [-0.25, -0.2) is 0 Å². The van der Waals surface area contributed by atoms with Crippen LogP contribution in [0.4, 0.5) is 13.2 Å². The number of hydrogen-bond acceptors (Lipinski definition) is 3. The zero-order valence-corrected chi connectivity index (χ0v) is 8.70. The number of alkyl halides is 3. The molecule has 94 valence electrons. The van der Waals surface area contributed by atoms with E-state index in [1.165, 1.54) is 6.07 Å². The molecular weight excluding hydrogens is 239 g/mol. The molecule has 0 spiro atoms. The molecule has 4 nitrogen and oxygen atoms in total. The van der Waals surface area contributed by atoms with Gasteiger partial charge in [-0.2, -0.15) is 13.2 Å². The van der Waals surface area contributed by atoms with Crippen molar-refractivity contribution < 1.29 is 27.6 Å². The molecular formula is C10H10F3NO3. The summed E-state index contributed by atoms with van der Waals surface area (Å²) in [5.74, 6) is -3.05. The summed E-state index contributed by atoms with van der Waals surface area (Å²) in [5.41, 5.74) is -0.346. The van der Waals surface area contributed by atoms with Crippen molar-refractivity contribution in [2.45, 2.75) is 37.3 Å². The lowest BCUT2D eigenvalue weighted by Crippen LogP contribution is -2.23. The van der Waals surface area contributed by atoms with Gasteiger partial charge in [0.05, 0.1) is 12.1 Å². The standard InChI is InChI=1S/C10H10F3NO3/c11-10(12,13)6(3-9(15)16)7-4-8(17-14-7)5-1-2-5/h4-6H,1-3H2,(H,15,16). The molecule has 1 aromatic rings. The van der Waals surface area contributed by atoms with E-state index in [2.05, 4.69) is 5.16 Å². The lowest BCUT2D eigenvalue weighted by atomic mass is 10.0. The van der Waals surface area contributed by atoms with Crippen LogP contribution in [0.25, 0.3) is 0 Å². The van der Waals surface area contributed by atoms with Gasteiger partial charge in [0.1, 0.15) is 11.7 Å². The summed E-state index contributed by atoms with van der Waals surface area (Å²) in [6.45, 7) is 0. The lowest BCUT2D eigenvalue weighted by Gasteiger charge is -2.15. The maximum Gasteiger partial charge on any atom is 0.397 e. The van der Waals surface area contributed by atoms with Gasteiger partial charge in [-0.1, -0.05) is 5.16 Å². The average molecular weight is 249 g/mol. The molecule has 0 bridgehead atoms. The number of halogens is 3. The summed E-state index contributed by atoms with van der Waals surface area (Å²) < 4.78 is 42.7. The minimum absolute atomic E-state index is 0.148. The van der Waals surface area contributed by atoms with Gasteiger partial charge in [0.25, 0.3) is 0 Å². The summed E-state index contributed by atoms with van der Waals surface area (Å²) in [6.07, 6.45) is -3.90. The third kappa shape index (κ3) is 2.78. The third-order valence-electron chi connectivity index (χ3n) is 2.66. The van der Waals surface area contributed by atoms with Gasteiger partial charge in [0.2, 0.25) is 0 Å². The largest absolute Gasteiger partial charge is 0.481 e. The van der Waals surface area contributed by atoms with Crippen LogP contribution < -0.4 is 0 Å². The third-order valence-corrected chi connectivity index (χ3v) is 2.66.